The molecule has 0 bridgehead atoms. The highest BCUT2D eigenvalue weighted by atomic mass is 16.2. The number of nitriles is 1. The van der Waals surface area contributed by atoms with E-state index in [4.69, 9.17) is 4.98 Å². The summed E-state index contributed by atoms with van der Waals surface area (Å²) in [5.41, 5.74) is 7.42. The Labute approximate surface area is 249 Å². The first-order chi connectivity index (χ1) is 20.4. The fourth-order valence-corrected chi connectivity index (χ4v) is 6.06. The van der Waals surface area contributed by atoms with Crippen LogP contribution < -0.4 is 15.3 Å². The van der Waals surface area contributed by atoms with E-state index in [1.807, 2.05) is 35.8 Å². The number of aryl methyl sites for hydroxylation is 2. The van der Waals surface area contributed by atoms with Gasteiger partial charge < -0.3 is 19.3 Å². The second-order valence-corrected chi connectivity index (χ2v) is 11.8. The van der Waals surface area contributed by atoms with Crippen LogP contribution in [-0.2, 0) is 13.0 Å². The molecule has 2 aliphatic rings. The number of carbonyl (C=O) groups is 1. The minimum atomic E-state index is -0.184. The number of rotatable bonds is 10. The van der Waals surface area contributed by atoms with Gasteiger partial charge in [0, 0.05) is 44.0 Å². The number of amides is 1. The summed E-state index contributed by atoms with van der Waals surface area (Å²) in [6.45, 7) is 7.83. The number of hydrogen-bond donors (Lipinski definition) is 1. The molecule has 2 fully saturated rings. The Balaban J connectivity index is 1.46. The quantitative estimate of drug-likeness (QED) is 0.365. The second kappa shape index (κ2) is 13.5. The molecule has 11 nitrogen and oxygen atoms in total. The summed E-state index contributed by atoms with van der Waals surface area (Å²) in [4.78, 5) is 34.6. The molecule has 42 heavy (non-hydrogen) atoms. The number of anilines is 2. The van der Waals surface area contributed by atoms with Crippen LogP contribution >= 0.6 is 0 Å². The number of likely N-dealkylation sites (N-methyl/N-ethyl adjacent to an activating group) is 1. The second-order valence-electron chi connectivity index (χ2n) is 11.8. The highest BCUT2D eigenvalue weighted by Crippen LogP contribution is 2.30. The molecule has 1 aliphatic heterocycles. The highest BCUT2D eigenvalue weighted by Gasteiger charge is 2.29. The molecule has 224 valence electrons. The smallest absolute Gasteiger partial charge is 0.269 e. The lowest BCUT2D eigenvalue weighted by Crippen LogP contribution is -2.50. The summed E-state index contributed by atoms with van der Waals surface area (Å²) in [6.07, 6.45) is 8.73. The average Bonchev–Trinajstić information content (AvgIpc) is 3.42. The molecule has 1 aromatic carbocycles. The number of piperazine rings is 1. The lowest BCUT2D eigenvalue weighted by Gasteiger charge is -2.36. The van der Waals surface area contributed by atoms with Crippen LogP contribution in [0, 0.1) is 11.3 Å². The van der Waals surface area contributed by atoms with E-state index in [-0.39, 0.29) is 17.8 Å². The van der Waals surface area contributed by atoms with E-state index in [1.54, 1.807) is 6.33 Å². The number of hydrogen-bond acceptors (Lipinski definition) is 9. The maximum absolute atomic E-state index is 13.9. The Hall–Kier alpha value is -3.75. The number of fused-ring (bicyclic) bond motifs is 1. The van der Waals surface area contributed by atoms with Gasteiger partial charge in [-0.3, -0.25) is 15.2 Å². The van der Waals surface area contributed by atoms with Crippen molar-refractivity contribution in [3.8, 4) is 6.07 Å². The molecule has 0 radical (unpaired) electrons. The number of imidazole rings is 1. The zero-order valence-electron chi connectivity index (χ0n) is 25.5. The van der Waals surface area contributed by atoms with E-state index >= 15 is 0 Å². The van der Waals surface area contributed by atoms with E-state index in [1.165, 1.54) is 17.7 Å². The Bertz CT molecular complexity index is 1410. The molecular formula is C31H44N10O. The predicted octanol–water partition coefficient (Wildman–Crippen LogP) is 3.45. The van der Waals surface area contributed by atoms with Gasteiger partial charge in [0.25, 0.3) is 5.91 Å². The molecule has 1 saturated carbocycles. The van der Waals surface area contributed by atoms with Gasteiger partial charge in [0.15, 0.2) is 17.0 Å². The van der Waals surface area contributed by atoms with Gasteiger partial charge in [-0.05, 0) is 77.1 Å². The van der Waals surface area contributed by atoms with E-state index < -0.39 is 0 Å². The molecule has 1 N–H and O–H groups in total. The van der Waals surface area contributed by atoms with Crippen LogP contribution in [-0.4, -0.2) is 95.1 Å². The van der Waals surface area contributed by atoms with Crippen molar-refractivity contribution in [3.63, 3.8) is 0 Å². The predicted molar refractivity (Wildman–Crippen MR) is 166 cm³/mol. The van der Waals surface area contributed by atoms with Gasteiger partial charge in [-0.1, -0.05) is 26.2 Å². The first kappa shape index (κ1) is 29.7. The van der Waals surface area contributed by atoms with Crippen molar-refractivity contribution >= 4 is 28.6 Å². The van der Waals surface area contributed by atoms with Gasteiger partial charge in [0.2, 0.25) is 5.82 Å². The van der Waals surface area contributed by atoms with Gasteiger partial charge in [-0.25, -0.2) is 4.98 Å². The first-order valence-corrected chi connectivity index (χ1v) is 15.3. The molecule has 0 atom stereocenters. The van der Waals surface area contributed by atoms with Crippen LogP contribution in [0.15, 0.2) is 24.5 Å². The standard InChI is InChI=1S/C31H44N10O/c1-5-23-20-24(12-13-26(23)39-18-16-38(4)17-19-39)31(42)36-41(25-10-7-6-8-11-25)30-28-29(34-27(21-32)35-30)40(22-33-28)15-9-14-37(2)3/h12-13,20,22,25H,5-11,14-19H2,1-4H3,(H,36,42). The van der Waals surface area contributed by atoms with Gasteiger partial charge in [-0.15, -0.1) is 0 Å². The lowest BCUT2D eigenvalue weighted by molar-refractivity contribution is 0.0941. The summed E-state index contributed by atoms with van der Waals surface area (Å²) in [7, 11) is 6.26. The molecule has 1 amide bonds. The Kier molecular flexibility index (Phi) is 9.55. The minimum absolute atomic E-state index is 0.0569. The van der Waals surface area contributed by atoms with Crippen molar-refractivity contribution < 1.29 is 4.79 Å². The molecule has 2 aromatic heterocycles. The molecule has 11 heteroatoms. The third-order valence-electron chi connectivity index (χ3n) is 8.51. The van der Waals surface area contributed by atoms with E-state index in [9.17, 15) is 10.1 Å². The number of nitrogens with zero attached hydrogens (tertiary/aromatic N) is 9. The minimum Gasteiger partial charge on any atom is -0.369 e. The van der Waals surface area contributed by atoms with Crippen molar-refractivity contribution in [1.82, 2.24) is 34.7 Å². The zero-order chi connectivity index (χ0) is 29.6. The van der Waals surface area contributed by atoms with Crippen LogP contribution in [0.4, 0.5) is 11.5 Å². The Morgan fingerprint density at radius 1 is 1.12 bits per heavy atom. The summed E-state index contributed by atoms with van der Waals surface area (Å²) < 4.78 is 1.98. The highest BCUT2D eigenvalue weighted by molar-refractivity contribution is 5.97. The maximum Gasteiger partial charge on any atom is 0.269 e. The lowest BCUT2D eigenvalue weighted by atomic mass is 9.95. The van der Waals surface area contributed by atoms with Crippen LogP contribution in [0.3, 0.4) is 0 Å². The third-order valence-corrected chi connectivity index (χ3v) is 8.51. The average molecular weight is 573 g/mol. The zero-order valence-corrected chi connectivity index (χ0v) is 25.5. The van der Waals surface area contributed by atoms with Crippen LogP contribution in [0.2, 0.25) is 0 Å². The van der Waals surface area contributed by atoms with Crippen LogP contribution in [0.5, 0.6) is 0 Å². The SMILES string of the molecule is CCc1cc(C(=O)NN(c2nc(C#N)nc3c2ncn3CCCN(C)C)C2CCCCC2)ccc1N1CCN(C)CC1. The fraction of sp³-hybridized carbons (Fsp3) is 0.581. The third kappa shape index (κ3) is 6.66. The summed E-state index contributed by atoms with van der Waals surface area (Å²) in [5, 5.41) is 11.7. The van der Waals surface area contributed by atoms with Crippen LogP contribution in [0.1, 0.15) is 67.2 Å². The summed E-state index contributed by atoms with van der Waals surface area (Å²) in [5.74, 6) is 0.385. The van der Waals surface area contributed by atoms with Crippen molar-refractivity contribution in [3.05, 3.63) is 41.5 Å². The molecule has 1 aliphatic carbocycles. The monoisotopic (exact) mass is 572 g/mol. The number of carbonyl (C=O) groups excluding carboxylic acids is 1. The topological polar surface area (TPSA) is 109 Å². The first-order valence-electron chi connectivity index (χ1n) is 15.3. The van der Waals surface area contributed by atoms with E-state index in [0.717, 1.165) is 77.8 Å². The summed E-state index contributed by atoms with van der Waals surface area (Å²) in [6, 6.07) is 8.23. The largest absolute Gasteiger partial charge is 0.369 e. The molecule has 3 heterocycles. The number of nitrogens with one attached hydrogen (secondary N) is 1. The van der Waals surface area contributed by atoms with Crippen LogP contribution in [0.25, 0.3) is 11.2 Å². The van der Waals surface area contributed by atoms with Crippen molar-refractivity contribution in [2.45, 2.75) is 64.5 Å². The van der Waals surface area contributed by atoms with Crippen molar-refractivity contribution in [1.29, 1.82) is 5.26 Å². The van der Waals surface area contributed by atoms with Crippen molar-refractivity contribution in [2.75, 3.05) is 63.8 Å². The number of benzene rings is 1. The molecule has 3 aromatic rings. The number of aromatic nitrogens is 4. The fourth-order valence-electron chi connectivity index (χ4n) is 6.06. The van der Waals surface area contributed by atoms with Gasteiger partial charge in [0.1, 0.15) is 6.07 Å². The van der Waals surface area contributed by atoms with E-state index in [0.29, 0.717) is 22.5 Å². The van der Waals surface area contributed by atoms with Gasteiger partial charge in [-0.2, -0.15) is 15.2 Å². The number of hydrazine groups is 1. The van der Waals surface area contributed by atoms with E-state index in [2.05, 4.69) is 56.2 Å². The molecular weight excluding hydrogens is 528 g/mol. The molecule has 1 saturated heterocycles. The summed E-state index contributed by atoms with van der Waals surface area (Å²) >= 11 is 0. The maximum atomic E-state index is 13.9. The van der Waals surface area contributed by atoms with Crippen molar-refractivity contribution in [2.24, 2.45) is 0 Å². The van der Waals surface area contributed by atoms with Gasteiger partial charge in [0.05, 0.1) is 12.4 Å². The molecule has 0 unspecified atom stereocenters. The Morgan fingerprint density at radius 3 is 2.57 bits per heavy atom. The normalized spacial score (nSPS) is 16.6. The molecule has 0 spiro atoms. The molecule has 5 rings (SSSR count). The van der Waals surface area contributed by atoms with Gasteiger partial charge >= 0.3 is 0 Å². The Morgan fingerprint density at radius 2 is 1.88 bits per heavy atom.